The maximum Gasteiger partial charge on any atom is 0.189 e. The van der Waals surface area contributed by atoms with Gasteiger partial charge in [-0.05, 0) is 29.7 Å². The van der Waals surface area contributed by atoms with E-state index < -0.39 is 0 Å². The molecule has 0 aliphatic carbocycles. The van der Waals surface area contributed by atoms with Gasteiger partial charge in [-0.25, -0.2) is 0 Å². The molecule has 0 unspecified atom stereocenters. The molecule has 0 aliphatic heterocycles. The van der Waals surface area contributed by atoms with Gasteiger partial charge in [-0.15, -0.1) is 0 Å². The standard InChI is InChI=1S/C21H18O4/c1-24-19-9-5-7-15(21(19)25-2)11-13-18(22)17-12-10-14-6-3-4-8-16(14)20(17)23/h3-13,23H,1-2H3/b13-11+. The van der Waals surface area contributed by atoms with Crippen LogP contribution in [0.3, 0.4) is 0 Å². The highest BCUT2D eigenvalue weighted by molar-refractivity contribution is 6.11. The second-order valence-corrected chi connectivity index (χ2v) is 5.46. The summed E-state index contributed by atoms with van der Waals surface area (Å²) >= 11 is 0. The summed E-state index contributed by atoms with van der Waals surface area (Å²) in [5.74, 6) is 0.848. The van der Waals surface area contributed by atoms with E-state index >= 15 is 0 Å². The molecule has 0 saturated heterocycles. The van der Waals surface area contributed by atoms with Gasteiger partial charge in [-0.2, -0.15) is 0 Å². The number of rotatable bonds is 5. The Morgan fingerprint density at radius 3 is 2.52 bits per heavy atom. The van der Waals surface area contributed by atoms with Crippen LogP contribution in [-0.2, 0) is 0 Å². The number of ketones is 1. The Morgan fingerprint density at radius 2 is 1.76 bits per heavy atom. The van der Waals surface area contributed by atoms with Crippen molar-refractivity contribution in [1.29, 1.82) is 0 Å². The van der Waals surface area contributed by atoms with Gasteiger partial charge in [-0.1, -0.05) is 42.5 Å². The van der Waals surface area contributed by atoms with Crippen LogP contribution in [0.25, 0.3) is 16.8 Å². The van der Waals surface area contributed by atoms with Gasteiger partial charge in [0.1, 0.15) is 5.75 Å². The molecule has 4 nitrogen and oxygen atoms in total. The largest absolute Gasteiger partial charge is 0.507 e. The van der Waals surface area contributed by atoms with Crippen molar-refractivity contribution in [2.24, 2.45) is 0 Å². The van der Waals surface area contributed by atoms with E-state index in [9.17, 15) is 9.90 Å². The van der Waals surface area contributed by atoms with Crippen molar-refractivity contribution >= 4 is 22.6 Å². The summed E-state index contributed by atoms with van der Waals surface area (Å²) in [5, 5.41) is 11.9. The van der Waals surface area contributed by atoms with Crippen molar-refractivity contribution in [3.63, 3.8) is 0 Å². The summed E-state index contributed by atoms with van der Waals surface area (Å²) in [7, 11) is 3.11. The molecule has 0 heterocycles. The van der Waals surface area contributed by atoms with E-state index in [1.807, 2.05) is 36.4 Å². The van der Waals surface area contributed by atoms with Gasteiger partial charge in [0.2, 0.25) is 0 Å². The molecule has 0 amide bonds. The van der Waals surface area contributed by atoms with Crippen LogP contribution < -0.4 is 9.47 Å². The summed E-state index contributed by atoms with van der Waals surface area (Å²) in [6.07, 6.45) is 3.07. The lowest BCUT2D eigenvalue weighted by Gasteiger charge is -2.10. The van der Waals surface area contributed by atoms with Gasteiger partial charge in [0.05, 0.1) is 19.8 Å². The molecule has 3 rings (SSSR count). The number of methoxy groups -OCH3 is 2. The Morgan fingerprint density at radius 1 is 0.960 bits per heavy atom. The highest BCUT2D eigenvalue weighted by Crippen LogP contribution is 2.32. The molecule has 0 radical (unpaired) electrons. The number of phenolic OH excluding ortho intramolecular Hbond substituents is 1. The number of ether oxygens (including phenoxy) is 2. The highest BCUT2D eigenvalue weighted by Gasteiger charge is 2.12. The van der Waals surface area contributed by atoms with Crippen LogP contribution in [0.1, 0.15) is 15.9 Å². The average molecular weight is 334 g/mol. The van der Waals surface area contributed by atoms with Gasteiger partial charge >= 0.3 is 0 Å². The van der Waals surface area contributed by atoms with E-state index in [4.69, 9.17) is 9.47 Å². The predicted molar refractivity (Wildman–Crippen MR) is 98.5 cm³/mol. The van der Waals surface area contributed by atoms with Crippen LogP contribution >= 0.6 is 0 Å². The third-order valence-electron chi connectivity index (χ3n) is 4.01. The van der Waals surface area contributed by atoms with E-state index in [1.165, 1.54) is 6.08 Å². The zero-order chi connectivity index (χ0) is 17.8. The molecule has 126 valence electrons. The smallest absolute Gasteiger partial charge is 0.189 e. The zero-order valence-electron chi connectivity index (χ0n) is 14.0. The van der Waals surface area contributed by atoms with Crippen LogP contribution in [0.4, 0.5) is 0 Å². The average Bonchev–Trinajstić information content (AvgIpc) is 2.66. The molecule has 3 aromatic rings. The molecule has 25 heavy (non-hydrogen) atoms. The summed E-state index contributed by atoms with van der Waals surface area (Å²) in [4.78, 5) is 12.5. The van der Waals surface area contributed by atoms with Crippen LogP contribution in [0.2, 0.25) is 0 Å². The number of carbonyl (C=O) groups excluding carboxylic acids is 1. The van der Waals surface area contributed by atoms with E-state index in [2.05, 4.69) is 0 Å². The number of allylic oxidation sites excluding steroid dienone is 1. The fourth-order valence-corrected chi connectivity index (χ4v) is 2.75. The molecule has 0 aliphatic rings. The summed E-state index contributed by atoms with van der Waals surface area (Å²) in [6.45, 7) is 0. The monoisotopic (exact) mass is 334 g/mol. The number of hydrogen-bond donors (Lipinski definition) is 1. The summed E-state index contributed by atoms with van der Waals surface area (Å²) < 4.78 is 10.6. The maximum absolute atomic E-state index is 12.5. The number of aromatic hydroxyl groups is 1. The molecule has 0 aromatic heterocycles. The maximum atomic E-state index is 12.5. The number of phenols is 1. The van der Waals surface area contributed by atoms with Crippen molar-refractivity contribution in [1.82, 2.24) is 0 Å². The normalized spacial score (nSPS) is 11.0. The van der Waals surface area contributed by atoms with Crippen molar-refractivity contribution < 1.29 is 19.4 Å². The molecule has 3 aromatic carbocycles. The van der Waals surface area contributed by atoms with E-state index in [1.54, 1.807) is 38.5 Å². The number of benzene rings is 3. The first-order valence-electron chi connectivity index (χ1n) is 7.80. The SMILES string of the molecule is COc1cccc(/C=C/C(=O)c2ccc3ccccc3c2O)c1OC. The quantitative estimate of drug-likeness (QED) is 0.553. The van der Waals surface area contributed by atoms with Gasteiger partial charge in [0.15, 0.2) is 17.3 Å². The first-order valence-corrected chi connectivity index (χ1v) is 7.80. The van der Waals surface area contributed by atoms with Gasteiger partial charge in [-0.3, -0.25) is 4.79 Å². The molecule has 0 atom stereocenters. The minimum Gasteiger partial charge on any atom is -0.507 e. The van der Waals surface area contributed by atoms with E-state index in [-0.39, 0.29) is 17.1 Å². The lowest BCUT2D eigenvalue weighted by atomic mass is 10.0. The zero-order valence-corrected chi connectivity index (χ0v) is 14.0. The van der Waals surface area contributed by atoms with Crippen molar-refractivity contribution in [3.8, 4) is 17.2 Å². The first-order chi connectivity index (χ1) is 12.2. The third kappa shape index (κ3) is 3.19. The second-order valence-electron chi connectivity index (χ2n) is 5.46. The molecular weight excluding hydrogens is 316 g/mol. The van der Waals surface area contributed by atoms with Crippen molar-refractivity contribution in [2.75, 3.05) is 14.2 Å². The Bertz CT molecular complexity index is 957. The van der Waals surface area contributed by atoms with Gasteiger partial charge < -0.3 is 14.6 Å². The number of carbonyl (C=O) groups is 1. The summed E-state index contributed by atoms with van der Waals surface area (Å²) in [5.41, 5.74) is 0.979. The molecule has 1 N–H and O–H groups in total. The topological polar surface area (TPSA) is 55.8 Å². The number of fused-ring (bicyclic) bond motifs is 1. The van der Waals surface area contributed by atoms with E-state index in [0.717, 1.165) is 10.9 Å². The van der Waals surface area contributed by atoms with Gasteiger partial charge in [0, 0.05) is 10.9 Å². The Labute approximate surface area is 145 Å². The van der Waals surface area contributed by atoms with Crippen LogP contribution in [0.5, 0.6) is 17.2 Å². The Kier molecular flexibility index (Phi) is 4.70. The lowest BCUT2D eigenvalue weighted by Crippen LogP contribution is -1.96. The van der Waals surface area contributed by atoms with Crippen LogP contribution in [-0.4, -0.2) is 25.1 Å². The Hall–Kier alpha value is -3.27. The molecular formula is C21H18O4. The molecule has 0 saturated carbocycles. The van der Waals surface area contributed by atoms with Crippen LogP contribution in [0.15, 0.2) is 60.7 Å². The van der Waals surface area contributed by atoms with Gasteiger partial charge in [0.25, 0.3) is 0 Å². The fraction of sp³-hybridized carbons (Fsp3) is 0.0952. The summed E-state index contributed by atoms with van der Waals surface area (Å²) in [6, 6.07) is 16.3. The molecule has 0 fully saturated rings. The predicted octanol–water partition coefficient (Wildman–Crippen LogP) is 4.46. The first kappa shape index (κ1) is 16.6. The molecule has 0 bridgehead atoms. The van der Waals surface area contributed by atoms with Crippen LogP contribution in [0, 0.1) is 0 Å². The molecule has 0 spiro atoms. The minimum atomic E-state index is -0.284. The number of para-hydroxylation sites is 1. The van der Waals surface area contributed by atoms with E-state index in [0.29, 0.717) is 16.9 Å². The second kappa shape index (κ2) is 7.09. The Balaban J connectivity index is 1.95. The fourth-order valence-electron chi connectivity index (χ4n) is 2.75. The van der Waals surface area contributed by atoms with Crippen molar-refractivity contribution in [3.05, 3.63) is 71.8 Å². The van der Waals surface area contributed by atoms with Crippen molar-refractivity contribution in [2.45, 2.75) is 0 Å². The third-order valence-corrected chi connectivity index (χ3v) is 4.01. The lowest BCUT2D eigenvalue weighted by molar-refractivity contribution is 0.104. The highest BCUT2D eigenvalue weighted by atomic mass is 16.5. The number of hydrogen-bond acceptors (Lipinski definition) is 4. The minimum absolute atomic E-state index is 0.00893. The molecule has 4 heteroatoms.